The molecule has 0 amide bonds. The monoisotopic (exact) mass is 219 g/mol. The Bertz CT molecular complexity index is 340. The molecular formula is C14H21NO. The summed E-state index contributed by atoms with van der Waals surface area (Å²) in [4.78, 5) is 11.7. The number of ketones is 1. The number of hydrogen-bond acceptors (Lipinski definition) is 2. The van der Waals surface area contributed by atoms with E-state index in [9.17, 15) is 4.79 Å². The van der Waals surface area contributed by atoms with Crippen LogP contribution >= 0.6 is 0 Å². The number of benzene rings is 1. The van der Waals surface area contributed by atoms with Gasteiger partial charge in [-0.3, -0.25) is 4.79 Å². The van der Waals surface area contributed by atoms with Crippen molar-refractivity contribution in [2.24, 2.45) is 11.7 Å². The Morgan fingerprint density at radius 2 is 1.75 bits per heavy atom. The molecule has 0 fully saturated rings. The Hall–Kier alpha value is -1.15. The van der Waals surface area contributed by atoms with Gasteiger partial charge in [-0.05, 0) is 17.0 Å². The van der Waals surface area contributed by atoms with Gasteiger partial charge in [-0.2, -0.15) is 0 Å². The molecule has 2 nitrogen and oxygen atoms in total. The molecule has 1 aromatic rings. The molecule has 0 aromatic heterocycles. The predicted molar refractivity (Wildman–Crippen MR) is 67.5 cm³/mol. The molecule has 0 saturated heterocycles. The van der Waals surface area contributed by atoms with Gasteiger partial charge in [0.2, 0.25) is 0 Å². The van der Waals surface area contributed by atoms with E-state index in [1.54, 1.807) is 0 Å². The summed E-state index contributed by atoms with van der Waals surface area (Å²) in [7, 11) is 0. The molecule has 1 rings (SSSR count). The fourth-order valence-electron chi connectivity index (χ4n) is 1.53. The highest BCUT2D eigenvalue weighted by Gasteiger charge is 2.11. The van der Waals surface area contributed by atoms with Crippen LogP contribution in [0.25, 0.3) is 0 Å². The van der Waals surface area contributed by atoms with E-state index in [0.29, 0.717) is 18.9 Å². The predicted octanol–water partition coefficient (Wildman–Crippen LogP) is 2.52. The first kappa shape index (κ1) is 12.9. The summed E-state index contributed by atoms with van der Waals surface area (Å²) in [5.74, 6) is 0.720. The molecule has 1 unspecified atom stereocenters. The summed E-state index contributed by atoms with van der Waals surface area (Å²) in [5, 5.41) is 0. The van der Waals surface area contributed by atoms with E-state index in [1.165, 1.54) is 5.56 Å². The Kier molecular flexibility index (Phi) is 4.69. The molecule has 0 aliphatic heterocycles. The Morgan fingerprint density at radius 3 is 2.19 bits per heavy atom. The Balaban J connectivity index is 2.65. The lowest BCUT2D eigenvalue weighted by Gasteiger charge is -2.09. The van der Waals surface area contributed by atoms with Crippen molar-refractivity contribution < 1.29 is 4.79 Å². The average Bonchev–Trinajstić information content (AvgIpc) is 2.28. The first-order valence-corrected chi connectivity index (χ1v) is 5.86. The smallest absolute Gasteiger partial charge is 0.141 e. The molecule has 0 heterocycles. The molecule has 2 N–H and O–H groups in total. The van der Waals surface area contributed by atoms with Gasteiger partial charge in [0.05, 0.1) is 0 Å². The quantitative estimate of drug-likeness (QED) is 0.827. The van der Waals surface area contributed by atoms with E-state index in [4.69, 9.17) is 5.73 Å². The molecule has 0 radical (unpaired) electrons. The van der Waals surface area contributed by atoms with E-state index >= 15 is 0 Å². The number of carbonyl (C=O) groups is 1. The van der Waals surface area contributed by atoms with Crippen LogP contribution in [-0.2, 0) is 11.2 Å². The first-order chi connectivity index (χ1) is 7.54. The second kappa shape index (κ2) is 5.80. The first-order valence-electron chi connectivity index (χ1n) is 5.86. The van der Waals surface area contributed by atoms with E-state index < -0.39 is 0 Å². The highest BCUT2D eigenvalue weighted by atomic mass is 16.1. The van der Waals surface area contributed by atoms with Crippen molar-refractivity contribution in [1.29, 1.82) is 0 Å². The van der Waals surface area contributed by atoms with Crippen LogP contribution in [0, 0.1) is 5.92 Å². The van der Waals surface area contributed by atoms with Gasteiger partial charge < -0.3 is 5.73 Å². The molecule has 2 heteroatoms. The van der Waals surface area contributed by atoms with Crippen molar-refractivity contribution in [3.8, 4) is 0 Å². The third-order valence-electron chi connectivity index (χ3n) is 2.93. The van der Waals surface area contributed by atoms with Crippen LogP contribution in [0.2, 0.25) is 0 Å². The largest absolute Gasteiger partial charge is 0.330 e. The van der Waals surface area contributed by atoms with E-state index in [-0.39, 0.29) is 11.7 Å². The van der Waals surface area contributed by atoms with Gasteiger partial charge in [0.15, 0.2) is 0 Å². The molecule has 88 valence electrons. The van der Waals surface area contributed by atoms with Crippen molar-refractivity contribution in [3.05, 3.63) is 35.4 Å². The van der Waals surface area contributed by atoms with Crippen LogP contribution in [0.5, 0.6) is 0 Å². The van der Waals surface area contributed by atoms with Gasteiger partial charge in [-0.1, -0.05) is 45.0 Å². The number of rotatable bonds is 5. The molecule has 1 aromatic carbocycles. The van der Waals surface area contributed by atoms with Crippen molar-refractivity contribution in [2.75, 3.05) is 6.54 Å². The third kappa shape index (κ3) is 3.46. The zero-order valence-corrected chi connectivity index (χ0v) is 10.4. The van der Waals surface area contributed by atoms with E-state index in [0.717, 1.165) is 5.56 Å². The standard InChI is InChI=1S/C14H21NO/c1-10(2)13-6-4-12(5-7-13)8-14(16)11(3)9-15/h4-7,10-11H,8-9,15H2,1-3H3. The van der Waals surface area contributed by atoms with Crippen molar-refractivity contribution in [3.63, 3.8) is 0 Å². The molecule has 0 saturated carbocycles. The summed E-state index contributed by atoms with van der Waals surface area (Å²) >= 11 is 0. The van der Waals surface area contributed by atoms with Crippen molar-refractivity contribution in [2.45, 2.75) is 33.1 Å². The van der Waals surface area contributed by atoms with Gasteiger partial charge in [0.1, 0.15) is 5.78 Å². The maximum atomic E-state index is 11.7. The van der Waals surface area contributed by atoms with Crippen LogP contribution in [0.1, 0.15) is 37.8 Å². The maximum Gasteiger partial charge on any atom is 0.141 e. The number of hydrogen-bond donors (Lipinski definition) is 1. The van der Waals surface area contributed by atoms with E-state index in [1.807, 2.05) is 19.1 Å². The normalized spacial score (nSPS) is 12.8. The zero-order chi connectivity index (χ0) is 12.1. The summed E-state index contributed by atoms with van der Waals surface area (Å²) in [5.41, 5.74) is 7.86. The van der Waals surface area contributed by atoms with Crippen LogP contribution in [0.4, 0.5) is 0 Å². The number of nitrogens with two attached hydrogens (primary N) is 1. The highest BCUT2D eigenvalue weighted by Crippen LogP contribution is 2.15. The fraction of sp³-hybridized carbons (Fsp3) is 0.500. The minimum Gasteiger partial charge on any atom is -0.330 e. The molecular weight excluding hydrogens is 198 g/mol. The third-order valence-corrected chi connectivity index (χ3v) is 2.93. The van der Waals surface area contributed by atoms with Gasteiger partial charge >= 0.3 is 0 Å². The molecule has 0 spiro atoms. The molecule has 0 bridgehead atoms. The highest BCUT2D eigenvalue weighted by molar-refractivity contribution is 5.83. The van der Waals surface area contributed by atoms with Gasteiger partial charge in [0, 0.05) is 18.9 Å². The minimum absolute atomic E-state index is 0.0372. The summed E-state index contributed by atoms with van der Waals surface area (Å²) in [6.45, 7) is 6.64. The van der Waals surface area contributed by atoms with E-state index in [2.05, 4.69) is 26.0 Å². The lowest BCUT2D eigenvalue weighted by molar-refractivity contribution is -0.121. The zero-order valence-electron chi connectivity index (χ0n) is 10.4. The SMILES string of the molecule is CC(CN)C(=O)Cc1ccc(C(C)C)cc1. The summed E-state index contributed by atoms with van der Waals surface area (Å²) in [6.07, 6.45) is 0.497. The van der Waals surface area contributed by atoms with Crippen LogP contribution in [0.15, 0.2) is 24.3 Å². The van der Waals surface area contributed by atoms with Crippen LogP contribution in [-0.4, -0.2) is 12.3 Å². The molecule has 1 atom stereocenters. The lowest BCUT2D eigenvalue weighted by Crippen LogP contribution is -2.22. The van der Waals surface area contributed by atoms with Gasteiger partial charge in [-0.15, -0.1) is 0 Å². The van der Waals surface area contributed by atoms with Gasteiger partial charge in [-0.25, -0.2) is 0 Å². The summed E-state index contributed by atoms with van der Waals surface area (Å²) in [6, 6.07) is 8.27. The topological polar surface area (TPSA) is 43.1 Å². The number of carbonyl (C=O) groups excluding carboxylic acids is 1. The van der Waals surface area contributed by atoms with Crippen molar-refractivity contribution in [1.82, 2.24) is 0 Å². The second-order valence-corrected chi connectivity index (χ2v) is 4.68. The Labute approximate surface area is 97.9 Å². The fourth-order valence-corrected chi connectivity index (χ4v) is 1.53. The second-order valence-electron chi connectivity index (χ2n) is 4.68. The lowest BCUT2D eigenvalue weighted by atomic mass is 9.97. The molecule has 0 aliphatic carbocycles. The minimum atomic E-state index is -0.0372. The average molecular weight is 219 g/mol. The molecule has 16 heavy (non-hydrogen) atoms. The van der Waals surface area contributed by atoms with Crippen LogP contribution < -0.4 is 5.73 Å². The Morgan fingerprint density at radius 1 is 1.19 bits per heavy atom. The number of Topliss-reactive ketones (excluding diaryl/α,β-unsaturated/α-hetero) is 1. The van der Waals surface area contributed by atoms with Crippen LogP contribution in [0.3, 0.4) is 0 Å². The van der Waals surface area contributed by atoms with Crippen molar-refractivity contribution >= 4 is 5.78 Å². The summed E-state index contributed by atoms with van der Waals surface area (Å²) < 4.78 is 0. The maximum absolute atomic E-state index is 11.7. The molecule has 0 aliphatic rings. The van der Waals surface area contributed by atoms with Gasteiger partial charge in [0.25, 0.3) is 0 Å².